The summed E-state index contributed by atoms with van der Waals surface area (Å²) in [5.41, 5.74) is 0. The van der Waals surface area contributed by atoms with Crippen molar-refractivity contribution in [3.05, 3.63) is 0 Å². The monoisotopic (exact) mass is 729 g/mol. The summed E-state index contributed by atoms with van der Waals surface area (Å²) >= 11 is 4.59. The summed E-state index contributed by atoms with van der Waals surface area (Å²) in [4.78, 5) is 0. The second-order valence-corrected chi connectivity index (χ2v) is 17.5. The molecule has 0 aliphatic heterocycles. The molecule has 0 amide bonds. The number of hydrogen-bond acceptors (Lipinski definition) is 4. The van der Waals surface area contributed by atoms with Crippen molar-refractivity contribution in [2.75, 3.05) is 25.6 Å². The summed E-state index contributed by atoms with van der Waals surface area (Å²) in [5, 5.41) is 0. The summed E-state index contributed by atoms with van der Waals surface area (Å²) in [6.07, 6.45) is 49.3. The summed E-state index contributed by atoms with van der Waals surface area (Å²) in [5.74, 6) is 1.71. The Morgan fingerprint density at radius 1 is 0.327 bits per heavy atom. The third-order valence-electron chi connectivity index (χ3n) is 10.5. The lowest BCUT2D eigenvalue weighted by atomic mass is 9.95. The van der Waals surface area contributed by atoms with Gasteiger partial charge in [-0.25, -0.2) is 0 Å². The Kier molecular flexibility index (Phi) is 45.0. The molecule has 0 aromatic carbocycles. The van der Waals surface area contributed by atoms with Crippen LogP contribution in [0.2, 0.25) is 0 Å². The van der Waals surface area contributed by atoms with Crippen molar-refractivity contribution in [2.24, 2.45) is 5.92 Å². The van der Waals surface area contributed by atoms with Gasteiger partial charge in [-0.3, -0.25) is 0 Å². The van der Waals surface area contributed by atoms with Gasteiger partial charge in [0.25, 0.3) is 0 Å². The Bertz CT molecular complexity index is 580. The zero-order valence-corrected chi connectivity index (χ0v) is 36.2. The molecule has 3 nitrogen and oxygen atoms in total. The zero-order valence-electron chi connectivity index (χ0n) is 34.1. The Balaban J connectivity index is 4.21. The summed E-state index contributed by atoms with van der Waals surface area (Å²) in [6.45, 7) is 9.32. The van der Waals surface area contributed by atoms with Crippen LogP contribution in [0.5, 0.6) is 0 Å². The first-order chi connectivity index (χ1) is 24.3. The fraction of sp³-hybridized carbons (Fsp3) is 1.00. The Morgan fingerprint density at radius 3 is 0.939 bits per heavy atom. The van der Waals surface area contributed by atoms with Crippen molar-refractivity contribution >= 4 is 22.2 Å². The van der Waals surface area contributed by atoms with Crippen LogP contribution in [0, 0.1) is 5.92 Å². The molecule has 296 valence electrons. The maximum absolute atomic E-state index is 6.39. The van der Waals surface area contributed by atoms with E-state index in [0.717, 1.165) is 50.8 Å². The van der Waals surface area contributed by atoms with E-state index in [1.165, 1.54) is 212 Å². The molecule has 0 aromatic heterocycles. The highest BCUT2D eigenvalue weighted by Gasteiger charge is 2.17. The molecule has 0 aliphatic carbocycles. The molecule has 2 unspecified atom stereocenters. The van der Waals surface area contributed by atoms with E-state index in [1.54, 1.807) is 0 Å². The molecule has 2 atom stereocenters. The maximum Gasteiger partial charge on any atom is 0.484 e. The first-order valence-corrected chi connectivity index (χ1v) is 24.8. The lowest BCUT2D eigenvalue weighted by Crippen LogP contribution is -2.29. The third kappa shape index (κ3) is 41.1. The van der Waals surface area contributed by atoms with Crippen LogP contribution in [0.1, 0.15) is 252 Å². The number of hydrogen-bond donors (Lipinski definition) is 1. The number of rotatable bonds is 44. The van der Waals surface area contributed by atoms with Gasteiger partial charge in [-0.05, 0) is 37.4 Å². The quantitative estimate of drug-likeness (QED) is 0.0384. The number of thiol groups is 1. The van der Waals surface area contributed by atoms with Crippen molar-refractivity contribution in [2.45, 2.75) is 252 Å². The molecular weight excluding hydrogens is 637 g/mol. The van der Waals surface area contributed by atoms with Crippen LogP contribution >= 0.6 is 12.6 Å². The molecule has 0 N–H and O–H groups in total. The molecule has 0 bridgehead atoms. The van der Waals surface area contributed by atoms with Crippen LogP contribution in [0.15, 0.2) is 0 Å². The molecule has 0 aromatic rings. The van der Waals surface area contributed by atoms with Crippen LogP contribution in [-0.4, -0.2) is 35.1 Å². The van der Waals surface area contributed by atoms with Crippen molar-refractivity contribution < 1.29 is 13.3 Å². The Morgan fingerprint density at radius 2 is 0.612 bits per heavy atom. The SMILES string of the molecule is CCCCCCCCCCCCCCCCO[SiH](OCCCCCCCCCCCC)OCCC(CCS)CCCCCCCCCCC. The predicted molar refractivity (Wildman–Crippen MR) is 226 cm³/mol. The zero-order chi connectivity index (χ0) is 35.6. The molecule has 0 fully saturated rings. The van der Waals surface area contributed by atoms with Crippen molar-refractivity contribution in [1.29, 1.82) is 0 Å². The molecule has 5 heteroatoms. The fourth-order valence-electron chi connectivity index (χ4n) is 7.08. The van der Waals surface area contributed by atoms with Crippen molar-refractivity contribution in [1.82, 2.24) is 0 Å². The van der Waals surface area contributed by atoms with Gasteiger partial charge < -0.3 is 13.3 Å². The van der Waals surface area contributed by atoms with Crippen molar-refractivity contribution in [3.63, 3.8) is 0 Å². The average Bonchev–Trinajstić information content (AvgIpc) is 3.11. The fourth-order valence-corrected chi connectivity index (χ4v) is 8.78. The smallest absolute Gasteiger partial charge is 0.376 e. The number of unbranched alkanes of at least 4 members (excludes halogenated alkanes) is 30. The summed E-state index contributed by atoms with van der Waals surface area (Å²) in [7, 11) is -2.06. The van der Waals surface area contributed by atoms with Crippen LogP contribution in [0.4, 0.5) is 0 Å². The maximum atomic E-state index is 6.39. The van der Waals surface area contributed by atoms with Crippen LogP contribution < -0.4 is 0 Å². The minimum absolute atomic E-state index is 0.726. The van der Waals surface area contributed by atoms with Gasteiger partial charge in [0, 0.05) is 19.8 Å². The molecule has 0 aliphatic rings. The lowest BCUT2D eigenvalue weighted by Gasteiger charge is -2.20. The van der Waals surface area contributed by atoms with Gasteiger partial charge in [0.2, 0.25) is 0 Å². The highest BCUT2D eigenvalue weighted by atomic mass is 32.1. The van der Waals surface area contributed by atoms with Crippen LogP contribution in [0.3, 0.4) is 0 Å². The second kappa shape index (κ2) is 44.6. The Labute approximate surface area is 317 Å². The molecule has 0 heterocycles. The van der Waals surface area contributed by atoms with Gasteiger partial charge >= 0.3 is 9.53 Å². The lowest BCUT2D eigenvalue weighted by molar-refractivity contribution is 0.0846. The van der Waals surface area contributed by atoms with E-state index in [9.17, 15) is 0 Å². The normalized spacial score (nSPS) is 13.0. The topological polar surface area (TPSA) is 27.7 Å². The molecule has 0 spiro atoms. The molecule has 0 radical (unpaired) electrons. The van der Waals surface area contributed by atoms with E-state index >= 15 is 0 Å². The van der Waals surface area contributed by atoms with Gasteiger partial charge in [0.1, 0.15) is 0 Å². The molecule has 0 saturated carbocycles. The summed E-state index contributed by atoms with van der Waals surface area (Å²) in [6, 6.07) is 0. The standard InChI is InChI=1S/C44H92O3SSi/c1-4-7-10-13-16-19-21-22-23-24-27-30-33-36-41-46-49(45-40-35-32-29-26-20-17-14-11-8-5-2)47-42-38-44(39-43-48)37-34-31-28-25-18-15-12-9-6-3/h44,48-49H,4-43H2,1-3H3. The highest BCUT2D eigenvalue weighted by molar-refractivity contribution is 7.80. The van der Waals surface area contributed by atoms with Gasteiger partial charge in [-0.15, -0.1) is 0 Å². The average molecular weight is 729 g/mol. The van der Waals surface area contributed by atoms with Gasteiger partial charge in [-0.1, -0.05) is 226 Å². The van der Waals surface area contributed by atoms with Gasteiger partial charge in [-0.2, -0.15) is 12.6 Å². The minimum Gasteiger partial charge on any atom is -0.376 e. The van der Waals surface area contributed by atoms with E-state index in [2.05, 4.69) is 33.4 Å². The van der Waals surface area contributed by atoms with Crippen LogP contribution in [0.25, 0.3) is 0 Å². The second-order valence-electron chi connectivity index (χ2n) is 15.5. The minimum atomic E-state index is -2.06. The van der Waals surface area contributed by atoms with E-state index in [0.29, 0.717) is 0 Å². The molecule has 0 rings (SSSR count). The summed E-state index contributed by atoms with van der Waals surface area (Å²) < 4.78 is 19.0. The van der Waals surface area contributed by atoms with Gasteiger partial charge in [0.15, 0.2) is 0 Å². The third-order valence-corrected chi connectivity index (χ3v) is 12.3. The largest absolute Gasteiger partial charge is 0.484 e. The van der Waals surface area contributed by atoms with E-state index < -0.39 is 9.53 Å². The molecule has 0 saturated heterocycles. The van der Waals surface area contributed by atoms with Gasteiger partial charge in [0.05, 0.1) is 0 Å². The van der Waals surface area contributed by atoms with E-state index in [4.69, 9.17) is 13.3 Å². The van der Waals surface area contributed by atoms with E-state index in [-0.39, 0.29) is 0 Å². The highest BCUT2D eigenvalue weighted by Crippen LogP contribution is 2.20. The predicted octanol–water partition coefficient (Wildman–Crippen LogP) is 15.4. The van der Waals surface area contributed by atoms with Crippen molar-refractivity contribution in [3.8, 4) is 0 Å². The van der Waals surface area contributed by atoms with Crippen LogP contribution in [-0.2, 0) is 13.3 Å². The Hall–Kier alpha value is 0.447. The molecule has 49 heavy (non-hydrogen) atoms. The first-order valence-electron chi connectivity index (χ1n) is 22.7. The van der Waals surface area contributed by atoms with E-state index in [1.807, 2.05) is 0 Å². The first kappa shape index (κ1) is 49.4. The molecular formula is C44H92O3SSi.